The second kappa shape index (κ2) is 8.14. The Bertz CT molecular complexity index is 1210. The van der Waals surface area contributed by atoms with Crippen LogP contribution in [-0.2, 0) is 0 Å². The second-order valence-corrected chi connectivity index (χ2v) is 8.19. The number of aromatic amines is 1. The molecule has 2 aromatic heterocycles. The van der Waals surface area contributed by atoms with Crippen molar-refractivity contribution >= 4 is 40.4 Å². The maximum atomic E-state index is 12.6. The summed E-state index contributed by atoms with van der Waals surface area (Å²) in [5, 5.41) is 4.60. The minimum atomic E-state index is -0.388. The van der Waals surface area contributed by atoms with E-state index in [1.54, 1.807) is 48.0 Å². The average Bonchev–Trinajstić information content (AvgIpc) is 3.01. The maximum absolute atomic E-state index is 12.6. The Labute approximate surface area is 184 Å². The number of urea groups is 1. The molecule has 31 heavy (non-hydrogen) atoms. The number of pyridine rings is 1. The molecule has 0 spiro atoms. The van der Waals surface area contributed by atoms with Gasteiger partial charge in [0.1, 0.15) is 5.82 Å². The molecule has 1 fully saturated rings. The number of rotatable bonds is 5. The summed E-state index contributed by atoms with van der Waals surface area (Å²) in [5.74, 6) is 1.09. The van der Waals surface area contributed by atoms with Crippen LogP contribution in [0.25, 0.3) is 10.9 Å². The van der Waals surface area contributed by atoms with Crippen molar-refractivity contribution in [2.75, 3.05) is 23.8 Å². The van der Waals surface area contributed by atoms with Crippen molar-refractivity contribution in [2.45, 2.75) is 39.3 Å². The van der Waals surface area contributed by atoms with Crippen molar-refractivity contribution in [1.29, 1.82) is 0 Å². The van der Waals surface area contributed by atoms with E-state index in [4.69, 9.17) is 11.6 Å². The zero-order valence-corrected chi connectivity index (χ0v) is 18.6. The third-order valence-electron chi connectivity index (χ3n) is 5.45. The van der Waals surface area contributed by atoms with E-state index in [0.717, 1.165) is 11.8 Å². The van der Waals surface area contributed by atoms with Gasteiger partial charge in [-0.2, -0.15) is 15.0 Å². The zero-order valence-electron chi connectivity index (χ0n) is 17.8. The van der Waals surface area contributed by atoms with E-state index in [0.29, 0.717) is 40.4 Å². The number of carbonyl (C=O) groups is 1. The van der Waals surface area contributed by atoms with Crippen molar-refractivity contribution in [3.05, 3.63) is 51.0 Å². The number of hydrogen-bond acceptors (Lipinski definition) is 6. The molecule has 0 bridgehead atoms. The highest BCUT2D eigenvalue weighted by molar-refractivity contribution is 6.31. The number of hydrogen-bond donors (Lipinski definition) is 2. The fourth-order valence-corrected chi connectivity index (χ4v) is 3.98. The van der Waals surface area contributed by atoms with Gasteiger partial charge in [0.25, 0.3) is 5.56 Å². The van der Waals surface area contributed by atoms with E-state index >= 15 is 0 Å². The van der Waals surface area contributed by atoms with Crippen LogP contribution in [0.2, 0.25) is 5.02 Å². The summed E-state index contributed by atoms with van der Waals surface area (Å²) in [5.41, 5.74) is 1.03. The number of anilines is 2. The Morgan fingerprint density at radius 1 is 1.26 bits per heavy atom. The minimum Gasteiger partial charge on any atom is -0.347 e. The van der Waals surface area contributed by atoms with Gasteiger partial charge >= 0.3 is 6.03 Å². The Morgan fingerprint density at radius 2 is 2.03 bits per heavy atom. The van der Waals surface area contributed by atoms with Crippen molar-refractivity contribution in [1.82, 2.24) is 24.8 Å². The lowest BCUT2D eigenvalue weighted by Crippen LogP contribution is -2.36. The topological polar surface area (TPSA) is 107 Å². The number of halogens is 1. The maximum Gasteiger partial charge on any atom is 0.327 e. The molecule has 2 N–H and O–H groups in total. The Hall–Kier alpha value is -3.20. The molecule has 0 radical (unpaired) electrons. The molecule has 3 heterocycles. The Kier molecular flexibility index (Phi) is 5.53. The number of carbonyl (C=O) groups excluding carboxylic acids is 1. The van der Waals surface area contributed by atoms with Crippen molar-refractivity contribution in [3.8, 4) is 0 Å². The van der Waals surface area contributed by atoms with Crippen molar-refractivity contribution < 1.29 is 4.79 Å². The predicted molar refractivity (Wildman–Crippen MR) is 121 cm³/mol. The Morgan fingerprint density at radius 3 is 2.77 bits per heavy atom. The second-order valence-electron chi connectivity index (χ2n) is 7.75. The lowest BCUT2D eigenvalue weighted by Gasteiger charge is -2.21. The molecule has 1 aromatic carbocycles. The fourth-order valence-electron chi connectivity index (χ4n) is 3.80. The first-order valence-electron chi connectivity index (χ1n) is 10.1. The van der Waals surface area contributed by atoms with Gasteiger partial charge in [-0.15, -0.1) is 0 Å². The first-order chi connectivity index (χ1) is 14.8. The number of aryl methyl sites for hydroxylation is 1. The summed E-state index contributed by atoms with van der Waals surface area (Å²) in [6.45, 7) is 6.24. The van der Waals surface area contributed by atoms with Crippen LogP contribution in [-0.4, -0.2) is 50.5 Å². The number of fused-ring (bicyclic) bond motifs is 1. The van der Waals surface area contributed by atoms with Gasteiger partial charge in [-0.1, -0.05) is 18.5 Å². The molecule has 4 rings (SSSR count). The van der Waals surface area contributed by atoms with Gasteiger partial charge in [0, 0.05) is 35.1 Å². The molecule has 10 heteroatoms. The molecule has 0 saturated carbocycles. The monoisotopic (exact) mass is 441 g/mol. The zero-order chi connectivity index (χ0) is 22.3. The minimum absolute atomic E-state index is 0.00217. The van der Waals surface area contributed by atoms with Crippen molar-refractivity contribution in [2.24, 2.45) is 0 Å². The molecule has 2 amide bonds. The fraction of sp³-hybridized carbons (Fsp3) is 0.381. The lowest BCUT2D eigenvalue weighted by molar-refractivity contribution is 0.229. The van der Waals surface area contributed by atoms with Gasteiger partial charge in [0.2, 0.25) is 11.9 Å². The van der Waals surface area contributed by atoms with Crippen LogP contribution in [0.15, 0.2) is 29.1 Å². The number of likely N-dealkylation sites (N-methyl/N-ethyl adjacent to an activating group) is 1. The van der Waals surface area contributed by atoms with E-state index in [-0.39, 0.29) is 23.7 Å². The molecule has 0 unspecified atom stereocenters. The summed E-state index contributed by atoms with van der Waals surface area (Å²) in [6, 6.07) is 6.58. The number of nitrogens with zero attached hydrogens (tertiary/aromatic N) is 5. The summed E-state index contributed by atoms with van der Waals surface area (Å²) in [7, 11) is 1.76. The highest BCUT2D eigenvalue weighted by Gasteiger charge is 2.37. The molecular weight excluding hydrogens is 418 g/mol. The van der Waals surface area contributed by atoms with Crippen LogP contribution in [0.1, 0.15) is 37.7 Å². The number of nitrogens with one attached hydrogen (secondary N) is 2. The van der Waals surface area contributed by atoms with Crippen LogP contribution in [0.4, 0.5) is 16.7 Å². The average molecular weight is 442 g/mol. The smallest absolute Gasteiger partial charge is 0.327 e. The number of H-pyrrole nitrogens is 1. The van der Waals surface area contributed by atoms with Gasteiger partial charge in [-0.3, -0.25) is 9.69 Å². The van der Waals surface area contributed by atoms with Gasteiger partial charge in [-0.05, 0) is 44.5 Å². The molecular formula is C21H24ClN7O2. The van der Waals surface area contributed by atoms with Crippen LogP contribution in [0.5, 0.6) is 0 Å². The van der Waals surface area contributed by atoms with E-state index < -0.39 is 0 Å². The van der Waals surface area contributed by atoms with Gasteiger partial charge in [0.15, 0.2) is 0 Å². The van der Waals surface area contributed by atoms with Gasteiger partial charge in [-0.25, -0.2) is 4.79 Å². The lowest BCUT2D eigenvalue weighted by atomic mass is 10.1. The summed E-state index contributed by atoms with van der Waals surface area (Å²) in [4.78, 5) is 44.6. The van der Waals surface area contributed by atoms with E-state index in [1.807, 2.05) is 13.8 Å². The SMILES string of the molecule is CC[C@H]1CN(C)C(=O)N1c1nc(C)nc(N[C@@H](C)c2cc3cc(Cl)ccc3[nH]c2=O)n1. The third kappa shape index (κ3) is 4.05. The Balaban J connectivity index is 1.66. The molecule has 9 nitrogen and oxygen atoms in total. The molecule has 162 valence electrons. The number of aromatic nitrogens is 4. The van der Waals surface area contributed by atoms with E-state index in [2.05, 4.69) is 25.3 Å². The highest BCUT2D eigenvalue weighted by Crippen LogP contribution is 2.25. The summed E-state index contributed by atoms with van der Waals surface area (Å²) >= 11 is 6.09. The van der Waals surface area contributed by atoms with E-state index in [1.165, 1.54) is 0 Å². The number of benzene rings is 1. The van der Waals surface area contributed by atoms with Crippen LogP contribution in [0.3, 0.4) is 0 Å². The molecule has 3 aromatic rings. The molecule has 1 aliphatic rings. The summed E-state index contributed by atoms with van der Waals surface area (Å²) < 4.78 is 0. The number of amides is 2. The first kappa shape index (κ1) is 21.0. The van der Waals surface area contributed by atoms with Crippen molar-refractivity contribution in [3.63, 3.8) is 0 Å². The molecule has 2 atom stereocenters. The first-order valence-corrected chi connectivity index (χ1v) is 10.5. The predicted octanol–water partition coefficient (Wildman–Crippen LogP) is 3.50. The van der Waals surface area contributed by atoms with Crippen LogP contribution >= 0.6 is 11.6 Å². The molecule has 1 saturated heterocycles. The molecule has 0 aliphatic carbocycles. The van der Waals surface area contributed by atoms with E-state index in [9.17, 15) is 9.59 Å². The standard InChI is InChI=1S/C21H24ClN7O2/c1-5-15-10-28(4)21(31)29(15)20-25-12(3)24-19(27-20)23-11(2)16-9-13-8-14(22)6-7-17(13)26-18(16)30/h6-9,11,15H,5,10H2,1-4H3,(H,26,30)(H,23,24,25,27)/t11-,15-/m0/s1. The quantitative estimate of drug-likeness (QED) is 0.627. The highest BCUT2D eigenvalue weighted by atomic mass is 35.5. The van der Waals surface area contributed by atoms with Gasteiger partial charge < -0.3 is 15.2 Å². The normalized spacial score (nSPS) is 17.5. The third-order valence-corrected chi connectivity index (χ3v) is 5.69. The molecule has 1 aliphatic heterocycles. The van der Waals surface area contributed by atoms with Crippen LogP contribution in [0, 0.1) is 6.92 Å². The summed E-state index contributed by atoms with van der Waals surface area (Å²) in [6.07, 6.45) is 0.787. The van der Waals surface area contributed by atoms with Crippen LogP contribution < -0.4 is 15.8 Å². The van der Waals surface area contributed by atoms with Gasteiger partial charge in [0.05, 0.1) is 12.1 Å². The largest absolute Gasteiger partial charge is 0.347 e.